The summed E-state index contributed by atoms with van der Waals surface area (Å²) in [7, 11) is 8.86. The molecule has 2 rings (SSSR count). The maximum absolute atomic E-state index is 4.50. The van der Waals surface area contributed by atoms with Gasteiger partial charge in [0, 0.05) is 37.2 Å². The zero-order valence-electron chi connectivity index (χ0n) is 17.3. The van der Waals surface area contributed by atoms with Gasteiger partial charge in [0.05, 0.1) is 7.85 Å². The third kappa shape index (κ3) is 6.44. The predicted octanol–water partition coefficient (Wildman–Crippen LogP) is 6.45. The lowest BCUT2D eigenvalue weighted by atomic mass is 10.0. The first-order chi connectivity index (χ1) is 12.7. The molecule has 2 aromatic carbocycles. The van der Waals surface area contributed by atoms with E-state index >= 15 is 0 Å². The van der Waals surface area contributed by atoms with Crippen LogP contribution in [-0.4, -0.2) is 28.0 Å². The molecule has 0 amide bonds. The monoisotopic (exact) mass is 350 g/mol. The summed E-state index contributed by atoms with van der Waals surface area (Å²) in [4.78, 5) is 4.69. The third-order valence-corrected chi connectivity index (χ3v) is 4.85. The first-order valence-corrected chi connectivity index (χ1v) is 9.86. The lowest BCUT2D eigenvalue weighted by Crippen LogP contribution is -2.31. The smallest absolute Gasteiger partial charge is 0.0606 e. The zero-order valence-corrected chi connectivity index (χ0v) is 17.3. The molecule has 1 unspecified atom stereocenters. The van der Waals surface area contributed by atoms with Crippen LogP contribution in [-0.2, 0) is 0 Å². The fourth-order valence-corrected chi connectivity index (χ4v) is 3.23. The average Bonchev–Trinajstić information content (AvgIpc) is 2.72. The highest BCUT2D eigenvalue weighted by Gasteiger charge is 2.14. The van der Waals surface area contributed by atoms with E-state index in [1.807, 2.05) is 0 Å². The number of hydrogen-bond donors (Lipinski definition) is 0. The van der Waals surface area contributed by atoms with E-state index in [0.29, 0.717) is 6.04 Å². The molecule has 0 bridgehead atoms. The molecule has 3 heteroatoms. The maximum Gasteiger partial charge on any atom is 0.0606 e. The summed E-state index contributed by atoms with van der Waals surface area (Å²) >= 11 is 0. The predicted molar refractivity (Wildman–Crippen MR) is 119 cm³/mol. The van der Waals surface area contributed by atoms with E-state index < -0.39 is 0 Å². The highest BCUT2D eigenvalue weighted by molar-refractivity contribution is 6.05. The molecule has 0 heterocycles. The molecule has 0 aliphatic heterocycles. The summed E-state index contributed by atoms with van der Waals surface area (Å²) in [5, 5.41) is 0. The highest BCUT2D eigenvalue weighted by atomic mass is 15.1. The molecule has 0 spiro atoms. The van der Waals surface area contributed by atoms with Gasteiger partial charge in [-0.3, -0.25) is 0 Å². The van der Waals surface area contributed by atoms with Crippen molar-refractivity contribution in [2.45, 2.75) is 58.8 Å². The number of anilines is 3. The topological polar surface area (TPSA) is 6.48 Å². The molecule has 2 radical (unpaired) electrons. The molecular formula is C23H35BN2. The van der Waals surface area contributed by atoms with Crippen LogP contribution in [0.4, 0.5) is 17.1 Å². The molecule has 0 saturated carbocycles. The van der Waals surface area contributed by atoms with Gasteiger partial charge in [-0.15, -0.1) is 0 Å². The van der Waals surface area contributed by atoms with Crippen LogP contribution in [0.25, 0.3) is 0 Å². The van der Waals surface area contributed by atoms with E-state index in [1.54, 1.807) is 0 Å². The van der Waals surface area contributed by atoms with Crippen molar-refractivity contribution in [3.63, 3.8) is 0 Å². The van der Waals surface area contributed by atoms with Crippen molar-refractivity contribution in [1.29, 1.82) is 0 Å². The molecular weight excluding hydrogens is 315 g/mol. The minimum Gasteiger partial charge on any atom is -0.372 e. The first kappa shape index (κ1) is 22.1. The van der Waals surface area contributed by atoms with Crippen LogP contribution in [0.3, 0.4) is 0 Å². The number of unbranched alkanes of at least 4 members (excludes halogenated alkanes) is 1. The van der Waals surface area contributed by atoms with E-state index in [0.717, 1.165) is 0 Å². The Morgan fingerprint density at radius 2 is 1.27 bits per heavy atom. The van der Waals surface area contributed by atoms with Gasteiger partial charge in [-0.25, -0.2) is 0 Å². The first-order valence-electron chi connectivity index (χ1n) is 9.86. The summed E-state index contributed by atoms with van der Waals surface area (Å²) in [5.74, 6) is 0. The minimum atomic E-state index is 0.646. The van der Waals surface area contributed by atoms with Gasteiger partial charge >= 0.3 is 0 Å². The molecule has 1 atom stereocenters. The van der Waals surface area contributed by atoms with Gasteiger partial charge in [0.15, 0.2) is 0 Å². The van der Waals surface area contributed by atoms with Crippen LogP contribution in [0.5, 0.6) is 0 Å². The van der Waals surface area contributed by atoms with Crippen LogP contribution in [0.2, 0.25) is 6.82 Å². The molecule has 0 saturated heterocycles. The Kier molecular flexibility index (Phi) is 10.6. The molecule has 2 aromatic rings. The van der Waals surface area contributed by atoms with E-state index in [4.69, 9.17) is 0 Å². The molecule has 0 N–H and O–H groups in total. The van der Waals surface area contributed by atoms with Crippen LogP contribution in [0.1, 0.15) is 46.0 Å². The van der Waals surface area contributed by atoms with Crippen LogP contribution in [0, 0.1) is 0 Å². The summed E-state index contributed by atoms with van der Waals surface area (Å²) in [6, 6.07) is 20.1. The second-order valence-corrected chi connectivity index (χ2v) is 6.61. The quantitative estimate of drug-likeness (QED) is 0.479. The van der Waals surface area contributed by atoms with E-state index in [1.165, 1.54) is 56.0 Å². The van der Waals surface area contributed by atoms with Gasteiger partial charge in [0.1, 0.15) is 0 Å². The fourth-order valence-electron chi connectivity index (χ4n) is 3.23. The van der Waals surface area contributed by atoms with Crippen molar-refractivity contribution < 1.29 is 0 Å². The van der Waals surface area contributed by atoms with Gasteiger partial charge in [-0.1, -0.05) is 58.1 Å². The lowest BCUT2D eigenvalue weighted by molar-refractivity contribution is 0.512. The van der Waals surface area contributed by atoms with E-state index in [2.05, 4.69) is 100 Å². The van der Waals surface area contributed by atoms with Crippen molar-refractivity contribution in [2.75, 3.05) is 23.9 Å². The Hall–Kier alpha value is -1.90. The molecule has 0 aromatic heterocycles. The average molecular weight is 350 g/mol. The zero-order chi connectivity index (χ0) is 19.4. The molecule has 0 aliphatic carbocycles. The van der Waals surface area contributed by atoms with Crippen molar-refractivity contribution in [3.8, 4) is 0 Å². The molecule has 140 valence electrons. The van der Waals surface area contributed by atoms with Crippen LogP contribution >= 0.6 is 0 Å². The summed E-state index contributed by atoms with van der Waals surface area (Å²) in [6.07, 6.45) is 6.38. The number of para-hydroxylation sites is 1. The fraction of sp³-hybridized carbons (Fsp3) is 0.478. The Labute approximate surface area is 162 Å². The van der Waals surface area contributed by atoms with Crippen LogP contribution < -0.4 is 9.80 Å². The second-order valence-electron chi connectivity index (χ2n) is 6.61. The third-order valence-electron chi connectivity index (χ3n) is 4.85. The lowest BCUT2D eigenvalue weighted by Gasteiger charge is -2.30. The van der Waals surface area contributed by atoms with Crippen molar-refractivity contribution in [1.82, 2.24) is 0 Å². The normalized spacial score (nSPS) is 11.3. The van der Waals surface area contributed by atoms with E-state index in [9.17, 15) is 0 Å². The summed E-state index contributed by atoms with van der Waals surface area (Å²) in [6.45, 7) is 6.06. The number of hydrogen-bond acceptors (Lipinski definition) is 2. The maximum atomic E-state index is 4.50. The van der Waals surface area contributed by atoms with Gasteiger partial charge in [0.25, 0.3) is 0 Å². The Morgan fingerprint density at radius 3 is 1.81 bits per heavy atom. The molecule has 0 aliphatic rings. The van der Waals surface area contributed by atoms with Gasteiger partial charge < -0.3 is 9.80 Å². The Bertz CT molecular complexity index is 583. The molecule has 0 fully saturated rings. The highest BCUT2D eigenvalue weighted by Crippen LogP contribution is 2.27. The summed E-state index contributed by atoms with van der Waals surface area (Å²) in [5.41, 5.74) is 3.75. The van der Waals surface area contributed by atoms with Gasteiger partial charge in [-0.2, -0.15) is 0 Å². The molecule has 26 heavy (non-hydrogen) atoms. The van der Waals surface area contributed by atoms with E-state index in [-0.39, 0.29) is 0 Å². The van der Waals surface area contributed by atoms with Gasteiger partial charge in [0.2, 0.25) is 0 Å². The van der Waals surface area contributed by atoms with Crippen molar-refractivity contribution in [2.24, 2.45) is 0 Å². The number of rotatable bonds is 9. The van der Waals surface area contributed by atoms with Crippen molar-refractivity contribution in [3.05, 3.63) is 54.6 Å². The Balaban J connectivity index is 0.00000163. The number of benzene rings is 2. The van der Waals surface area contributed by atoms with Gasteiger partial charge in [-0.05, 0) is 49.2 Å². The van der Waals surface area contributed by atoms with Crippen LogP contribution in [0.15, 0.2) is 54.6 Å². The standard InChI is InChI=1S/C22H32N2.CH3B/c1-5-7-12-19(11-6-2)23(3)21-15-17-22(18-16-21)24(4)20-13-9-8-10-14-20;1-2/h8-10,13-19H,5-7,11-12H2,1-4H3;1H3. The molecule has 2 nitrogen and oxygen atoms in total. The van der Waals surface area contributed by atoms with Crippen molar-refractivity contribution >= 4 is 24.9 Å². The second kappa shape index (κ2) is 12.5. The summed E-state index contributed by atoms with van der Waals surface area (Å²) < 4.78 is 0. The SMILES string of the molecule is CCCCC(CCC)N(C)c1ccc(N(C)c2ccccc2)cc1.[B]C. The minimum absolute atomic E-state index is 0.646. The largest absolute Gasteiger partial charge is 0.372 e. The number of nitrogens with zero attached hydrogens (tertiary/aromatic N) is 2. The Morgan fingerprint density at radius 1 is 0.731 bits per heavy atom.